The van der Waals surface area contributed by atoms with Gasteiger partial charge in [-0.25, -0.2) is 0 Å². The van der Waals surface area contributed by atoms with Crippen molar-refractivity contribution < 1.29 is 19.1 Å². The fraction of sp³-hybridized carbons (Fsp3) is 0.227. The molecule has 0 spiro atoms. The van der Waals surface area contributed by atoms with Gasteiger partial charge in [0, 0.05) is 27.8 Å². The number of amides is 3. The lowest BCUT2D eigenvalue weighted by Gasteiger charge is -2.09. The van der Waals surface area contributed by atoms with Gasteiger partial charge in [0.15, 0.2) is 0 Å². The van der Waals surface area contributed by atoms with Crippen molar-refractivity contribution >= 4 is 56.4 Å². The topological polar surface area (TPSA) is 96.5 Å². The van der Waals surface area contributed by atoms with Crippen LogP contribution in [0.1, 0.15) is 40.3 Å². The van der Waals surface area contributed by atoms with Gasteiger partial charge in [0.1, 0.15) is 10.6 Å². The number of hydrazine groups is 1. The third-order valence-corrected chi connectivity index (χ3v) is 6.01. The molecule has 3 N–H and O–H groups in total. The molecule has 1 aromatic heterocycles. The summed E-state index contributed by atoms with van der Waals surface area (Å²) in [5, 5.41) is 3.83. The van der Waals surface area contributed by atoms with E-state index in [1.807, 2.05) is 13.8 Å². The van der Waals surface area contributed by atoms with Gasteiger partial charge >= 0.3 is 0 Å². The number of hydrogen-bond donors (Lipinski definition) is 3. The maximum absolute atomic E-state index is 12.5. The third kappa shape index (κ3) is 5.53. The van der Waals surface area contributed by atoms with Crippen molar-refractivity contribution in [2.75, 3.05) is 12.4 Å². The summed E-state index contributed by atoms with van der Waals surface area (Å²) in [6.07, 6.45) is 0.418. The maximum atomic E-state index is 12.5. The Morgan fingerprint density at radius 3 is 2.35 bits per heavy atom. The average molecular weight is 460 g/mol. The number of benzene rings is 2. The van der Waals surface area contributed by atoms with Crippen LogP contribution in [0.2, 0.25) is 5.02 Å². The number of ether oxygens (including phenoxy) is 1. The summed E-state index contributed by atoms with van der Waals surface area (Å²) in [6.45, 7) is 3.92. The van der Waals surface area contributed by atoms with Crippen LogP contribution in [-0.4, -0.2) is 24.8 Å². The Kier molecular flexibility index (Phi) is 7.14. The van der Waals surface area contributed by atoms with Crippen LogP contribution in [0.3, 0.4) is 0 Å². The summed E-state index contributed by atoms with van der Waals surface area (Å²) >= 11 is 7.54. The second-order valence-electron chi connectivity index (χ2n) is 7.24. The molecule has 0 radical (unpaired) electrons. The van der Waals surface area contributed by atoms with Crippen LogP contribution >= 0.6 is 22.9 Å². The zero-order valence-electron chi connectivity index (χ0n) is 17.2. The normalized spacial score (nSPS) is 10.7. The lowest BCUT2D eigenvalue weighted by atomic mass is 10.1. The minimum absolute atomic E-state index is 0.0858. The standard InChI is InChI=1S/C22H22ClN3O4S/c1-12(2)10-18(27)24-14-6-4-13(5-7-14)21(28)25-26-22(29)20-19(23)16-9-8-15(30-3)11-17(16)31-20/h4-9,11-12H,10H2,1-3H3,(H,24,27)(H,25,28)(H,26,29). The molecule has 0 aliphatic rings. The van der Waals surface area contributed by atoms with Gasteiger partial charge in [-0.3, -0.25) is 25.2 Å². The van der Waals surface area contributed by atoms with Gasteiger partial charge in [-0.1, -0.05) is 25.4 Å². The van der Waals surface area contributed by atoms with E-state index in [1.54, 1.807) is 49.6 Å². The van der Waals surface area contributed by atoms with E-state index in [0.717, 1.165) is 10.1 Å². The predicted octanol–water partition coefficient (Wildman–Crippen LogP) is 4.62. The molecule has 0 aliphatic carbocycles. The molecule has 0 atom stereocenters. The molecule has 9 heteroatoms. The third-order valence-electron chi connectivity index (χ3n) is 4.36. The summed E-state index contributed by atoms with van der Waals surface area (Å²) in [6, 6.07) is 11.7. The second kappa shape index (κ2) is 9.80. The summed E-state index contributed by atoms with van der Waals surface area (Å²) < 4.78 is 5.99. The Morgan fingerprint density at radius 1 is 1.03 bits per heavy atom. The first-order chi connectivity index (χ1) is 14.8. The van der Waals surface area contributed by atoms with Crippen LogP contribution in [0, 0.1) is 5.92 Å². The van der Waals surface area contributed by atoms with E-state index in [1.165, 1.54) is 11.3 Å². The van der Waals surface area contributed by atoms with Gasteiger partial charge < -0.3 is 10.1 Å². The highest BCUT2D eigenvalue weighted by Gasteiger charge is 2.18. The van der Waals surface area contributed by atoms with Crippen LogP contribution in [0.5, 0.6) is 5.75 Å². The monoisotopic (exact) mass is 459 g/mol. The second-order valence-corrected chi connectivity index (χ2v) is 8.67. The Bertz CT molecular complexity index is 1130. The lowest BCUT2D eigenvalue weighted by Crippen LogP contribution is -2.41. The van der Waals surface area contributed by atoms with Gasteiger partial charge in [-0.15, -0.1) is 11.3 Å². The molecule has 0 fully saturated rings. The highest BCUT2D eigenvalue weighted by Crippen LogP contribution is 2.37. The molecule has 0 aliphatic heterocycles. The zero-order valence-corrected chi connectivity index (χ0v) is 18.8. The number of nitrogens with one attached hydrogen (secondary N) is 3. The summed E-state index contributed by atoms with van der Waals surface area (Å²) in [4.78, 5) is 37.0. The summed E-state index contributed by atoms with van der Waals surface area (Å²) in [5.74, 6) is -0.180. The van der Waals surface area contributed by atoms with Gasteiger partial charge in [-0.2, -0.15) is 0 Å². The molecule has 0 unspecified atom stereocenters. The lowest BCUT2D eigenvalue weighted by molar-refractivity contribution is -0.116. The van der Waals surface area contributed by atoms with Gasteiger partial charge in [0.05, 0.1) is 12.1 Å². The fourth-order valence-electron chi connectivity index (χ4n) is 2.85. The van der Waals surface area contributed by atoms with Crippen molar-refractivity contribution in [2.24, 2.45) is 5.92 Å². The molecule has 3 amide bonds. The number of methoxy groups -OCH3 is 1. The Balaban J connectivity index is 1.61. The molecule has 162 valence electrons. The number of carbonyl (C=O) groups excluding carboxylic acids is 3. The highest BCUT2D eigenvalue weighted by molar-refractivity contribution is 7.21. The van der Waals surface area contributed by atoms with Crippen molar-refractivity contribution in [3.63, 3.8) is 0 Å². The van der Waals surface area contributed by atoms with E-state index < -0.39 is 11.8 Å². The number of carbonyl (C=O) groups is 3. The largest absolute Gasteiger partial charge is 0.497 e. The van der Waals surface area contributed by atoms with E-state index >= 15 is 0 Å². The number of hydrogen-bond acceptors (Lipinski definition) is 5. The minimum atomic E-state index is -0.518. The maximum Gasteiger partial charge on any atom is 0.281 e. The van der Waals surface area contributed by atoms with Gasteiger partial charge in [-0.05, 0) is 48.4 Å². The molecule has 2 aromatic carbocycles. The quantitative estimate of drug-likeness (QED) is 0.468. The Morgan fingerprint density at radius 2 is 1.71 bits per heavy atom. The van der Waals surface area contributed by atoms with Crippen LogP contribution in [0.15, 0.2) is 42.5 Å². The first-order valence-electron chi connectivity index (χ1n) is 9.55. The number of thiophene rings is 1. The molecule has 0 bridgehead atoms. The van der Waals surface area contributed by atoms with Crippen LogP contribution in [0.25, 0.3) is 10.1 Å². The number of halogens is 1. The Hall–Kier alpha value is -3.10. The van der Waals surface area contributed by atoms with E-state index in [9.17, 15) is 14.4 Å². The molecule has 31 heavy (non-hydrogen) atoms. The summed E-state index contributed by atoms with van der Waals surface area (Å²) in [7, 11) is 1.56. The van der Waals surface area contributed by atoms with E-state index in [0.29, 0.717) is 28.4 Å². The van der Waals surface area contributed by atoms with Crippen molar-refractivity contribution in [2.45, 2.75) is 20.3 Å². The predicted molar refractivity (Wildman–Crippen MR) is 123 cm³/mol. The van der Waals surface area contributed by atoms with E-state index in [2.05, 4.69) is 16.2 Å². The smallest absolute Gasteiger partial charge is 0.281 e. The fourth-order valence-corrected chi connectivity index (χ4v) is 4.29. The molecular weight excluding hydrogens is 438 g/mol. The first kappa shape index (κ1) is 22.6. The molecule has 1 heterocycles. The molecule has 7 nitrogen and oxygen atoms in total. The average Bonchev–Trinajstić information content (AvgIpc) is 3.07. The van der Waals surface area contributed by atoms with Gasteiger partial charge in [0.2, 0.25) is 5.91 Å². The molecular formula is C22H22ClN3O4S. The number of anilines is 1. The van der Waals surface area contributed by atoms with Crippen LogP contribution < -0.4 is 20.9 Å². The van der Waals surface area contributed by atoms with Gasteiger partial charge in [0.25, 0.3) is 11.8 Å². The van der Waals surface area contributed by atoms with E-state index in [-0.39, 0.29) is 16.7 Å². The number of fused-ring (bicyclic) bond motifs is 1. The number of rotatable bonds is 6. The Labute approximate surface area is 188 Å². The SMILES string of the molecule is COc1ccc2c(Cl)c(C(=O)NNC(=O)c3ccc(NC(=O)CC(C)C)cc3)sc2c1. The van der Waals surface area contributed by atoms with Crippen LogP contribution in [0.4, 0.5) is 5.69 Å². The minimum Gasteiger partial charge on any atom is -0.497 e. The van der Waals surface area contributed by atoms with Crippen molar-refractivity contribution in [3.8, 4) is 5.75 Å². The van der Waals surface area contributed by atoms with E-state index in [4.69, 9.17) is 16.3 Å². The summed E-state index contributed by atoms with van der Waals surface area (Å²) in [5.41, 5.74) is 5.68. The van der Waals surface area contributed by atoms with Crippen molar-refractivity contribution in [1.82, 2.24) is 10.9 Å². The first-order valence-corrected chi connectivity index (χ1v) is 10.7. The molecule has 0 saturated carbocycles. The van der Waals surface area contributed by atoms with Crippen LogP contribution in [-0.2, 0) is 4.79 Å². The zero-order chi connectivity index (χ0) is 22.5. The molecule has 3 rings (SSSR count). The molecule has 0 saturated heterocycles. The van der Waals surface area contributed by atoms with Crippen molar-refractivity contribution in [3.05, 3.63) is 57.9 Å². The highest BCUT2D eigenvalue weighted by atomic mass is 35.5. The molecule has 3 aromatic rings. The van der Waals surface area contributed by atoms with Crippen molar-refractivity contribution in [1.29, 1.82) is 0 Å².